The molecule has 4 nitrogen and oxygen atoms in total. The van der Waals surface area contributed by atoms with E-state index in [1.165, 1.54) is 0 Å². The van der Waals surface area contributed by atoms with E-state index in [1.807, 2.05) is 32.8 Å². The summed E-state index contributed by atoms with van der Waals surface area (Å²) in [6.07, 6.45) is -1.17. The molecule has 0 aromatic heterocycles. The van der Waals surface area contributed by atoms with Crippen LogP contribution in [0.2, 0.25) is 0 Å². The lowest BCUT2D eigenvalue weighted by molar-refractivity contribution is -0.262. The fourth-order valence-electron chi connectivity index (χ4n) is 1.75. The van der Waals surface area contributed by atoms with E-state index in [9.17, 15) is 10.2 Å². The molecule has 0 spiro atoms. The van der Waals surface area contributed by atoms with Crippen LogP contribution in [0, 0.1) is 0 Å². The molecule has 1 aliphatic rings. The van der Waals surface area contributed by atoms with Crippen LogP contribution in [0.3, 0.4) is 0 Å². The van der Waals surface area contributed by atoms with Crippen LogP contribution in [-0.4, -0.2) is 53.2 Å². The summed E-state index contributed by atoms with van der Waals surface area (Å²) >= 11 is 0. The van der Waals surface area contributed by atoms with Crippen molar-refractivity contribution in [3.05, 3.63) is 0 Å². The molecule has 78 valence electrons. The zero-order valence-corrected chi connectivity index (χ0v) is 8.69. The summed E-state index contributed by atoms with van der Waals surface area (Å²) in [6, 6.07) is -0.0428. The maximum atomic E-state index is 9.62. The third kappa shape index (κ3) is 2.40. The van der Waals surface area contributed by atoms with Gasteiger partial charge in [0.15, 0.2) is 6.29 Å². The number of aliphatic hydroxyl groups is 2. The molecule has 1 rings (SSSR count). The van der Waals surface area contributed by atoms with E-state index < -0.39 is 12.4 Å². The molecule has 0 aromatic rings. The molecule has 0 bridgehead atoms. The summed E-state index contributed by atoms with van der Waals surface area (Å²) in [7, 11) is 3.78. The van der Waals surface area contributed by atoms with Gasteiger partial charge >= 0.3 is 0 Å². The number of hydrogen-bond acceptors (Lipinski definition) is 4. The van der Waals surface area contributed by atoms with Gasteiger partial charge in [0.05, 0.1) is 5.60 Å². The van der Waals surface area contributed by atoms with E-state index in [4.69, 9.17) is 4.74 Å². The van der Waals surface area contributed by atoms with Crippen molar-refractivity contribution >= 4 is 0 Å². The van der Waals surface area contributed by atoms with Crippen molar-refractivity contribution in [2.45, 2.75) is 44.3 Å². The Hall–Kier alpha value is -0.160. The molecule has 1 fully saturated rings. The van der Waals surface area contributed by atoms with Gasteiger partial charge in [-0.3, -0.25) is 0 Å². The Balaban J connectivity index is 2.72. The molecule has 3 atom stereocenters. The van der Waals surface area contributed by atoms with Crippen molar-refractivity contribution in [3.63, 3.8) is 0 Å². The molecule has 0 radical (unpaired) electrons. The van der Waals surface area contributed by atoms with E-state index in [-0.39, 0.29) is 11.6 Å². The molecule has 0 amide bonds. The van der Waals surface area contributed by atoms with Crippen LogP contribution in [0.15, 0.2) is 0 Å². The Kier molecular flexibility index (Phi) is 2.97. The van der Waals surface area contributed by atoms with Crippen LogP contribution in [0.25, 0.3) is 0 Å². The smallest absolute Gasteiger partial charge is 0.182 e. The van der Waals surface area contributed by atoms with Crippen molar-refractivity contribution in [1.82, 2.24) is 4.90 Å². The quantitative estimate of drug-likeness (QED) is 0.599. The highest BCUT2D eigenvalue weighted by atomic mass is 16.6. The Morgan fingerprint density at radius 1 is 1.31 bits per heavy atom. The second-order valence-corrected chi connectivity index (χ2v) is 4.49. The average Bonchev–Trinajstić information content (AvgIpc) is 1.95. The van der Waals surface area contributed by atoms with Gasteiger partial charge in [0.2, 0.25) is 0 Å². The highest BCUT2D eigenvalue weighted by molar-refractivity contribution is 4.90. The molecule has 1 saturated heterocycles. The predicted molar refractivity (Wildman–Crippen MR) is 49.3 cm³/mol. The van der Waals surface area contributed by atoms with Crippen LogP contribution in [0.4, 0.5) is 0 Å². The SMILES string of the molecule is CN(C)[C@H]1CC(C)(C)O[C@@H](O)[C@@H]1O. The number of likely N-dealkylation sites (N-methyl/N-ethyl adjacent to an activating group) is 1. The second-order valence-electron chi connectivity index (χ2n) is 4.49. The fraction of sp³-hybridized carbons (Fsp3) is 1.00. The van der Waals surface area contributed by atoms with Crippen molar-refractivity contribution in [3.8, 4) is 0 Å². The first kappa shape index (κ1) is 10.9. The van der Waals surface area contributed by atoms with Crippen LogP contribution in [0.5, 0.6) is 0 Å². The number of aliphatic hydroxyl groups excluding tert-OH is 2. The largest absolute Gasteiger partial charge is 0.386 e. The minimum absolute atomic E-state index is 0.0428. The maximum absolute atomic E-state index is 9.62. The van der Waals surface area contributed by atoms with Crippen molar-refractivity contribution in [2.75, 3.05) is 14.1 Å². The highest BCUT2D eigenvalue weighted by Gasteiger charge is 2.41. The fourth-order valence-corrected chi connectivity index (χ4v) is 1.75. The first-order valence-corrected chi connectivity index (χ1v) is 4.54. The molecule has 0 aliphatic carbocycles. The van der Waals surface area contributed by atoms with E-state index >= 15 is 0 Å². The molecule has 0 aromatic carbocycles. The topological polar surface area (TPSA) is 52.9 Å². The Bertz CT molecular complexity index is 182. The second kappa shape index (κ2) is 3.53. The maximum Gasteiger partial charge on any atom is 0.182 e. The third-order valence-electron chi connectivity index (χ3n) is 2.49. The summed E-state index contributed by atoms with van der Waals surface area (Å²) < 4.78 is 5.25. The molecule has 13 heavy (non-hydrogen) atoms. The van der Waals surface area contributed by atoms with E-state index in [0.29, 0.717) is 0 Å². The number of rotatable bonds is 1. The predicted octanol–water partition coefficient (Wildman–Crippen LogP) is -0.205. The van der Waals surface area contributed by atoms with Gasteiger partial charge in [0, 0.05) is 6.04 Å². The van der Waals surface area contributed by atoms with Crippen molar-refractivity contribution in [1.29, 1.82) is 0 Å². The first-order chi connectivity index (χ1) is 5.83. The molecule has 1 heterocycles. The zero-order valence-electron chi connectivity index (χ0n) is 8.69. The van der Waals surface area contributed by atoms with Crippen LogP contribution >= 0.6 is 0 Å². The standard InChI is InChI=1S/C9H19NO3/c1-9(2)5-6(10(3)4)7(11)8(12)13-9/h6-8,11-12H,5H2,1-4H3/t6-,7+,8+/m0/s1. The van der Waals surface area contributed by atoms with E-state index in [2.05, 4.69) is 0 Å². The normalized spacial score (nSPS) is 39.5. The Morgan fingerprint density at radius 2 is 1.85 bits per heavy atom. The van der Waals surface area contributed by atoms with Gasteiger partial charge in [0.1, 0.15) is 6.10 Å². The summed E-state index contributed by atoms with van der Waals surface area (Å²) in [5.74, 6) is 0. The van der Waals surface area contributed by atoms with Crippen LogP contribution in [-0.2, 0) is 4.74 Å². The van der Waals surface area contributed by atoms with Crippen LogP contribution < -0.4 is 0 Å². The van der Waals surface area contributed by atoms with E-state index in [1.54, 1.807) is 0 Å². The lowest BCUT2D eigenvalue weighted by Crippen LogP contribution is -2.56. The van der Waals surface area contributed by atoms with E-state index in [0.717, 1.165) is 6.42 Å². The van der Waals surface area contributed by atoms with Gasteiger partial charge in [-0.05, 0) is 34.4 Å². The van der Waals surface area contributed by atoms with Gasteiger partial charge < -0.3 is 19.8 Å². The lowest BCUT2D eigenvalue weighted by atomic mass is 9.91. The van der Waals surface area contributed by atoms with Gasteiger partial charge in [-0.1, -0.05) is 0 Å². The van der Waals surface area contributed by atoms with Gasteiger partial charge in [-0.25, -0.2) is 0 Å². The van der Waals surface area contributed by atoms with Crippen molar-refractivity contribution in [2.24, 2.45) is 0 Å². The Morgan fingerprint density at radius 3 is 2.31 bits per heavy atom. The summed E-state index contributed by atoms with van der Waals surface area (Å²) in [4.78, 5) is 1.91. The van der Waals surface area contributed by atoms with Gasteiger partial charge in [-0.15, -0.1) is 0 Å². The Labute approximate surface area is 79.1 Å². The highest BCUT2D eigenvalue weighted by Crippen LogP contribution is 2.29. The first-order valence-electron chi connectivity index (χ1n) is 4.54. The molecule has 0 unspecified atom stereocenters. The molecular formula is C9H19NO3. The minimum Gasteiger partial charge on any atom is -0.386 e. The summed E-state index contributed by atoms with van der Waals surface area (Å²) in [6.45, 7) is 3.83. The molecule has 4 heteroatoms. The lowest BCUT2D eigenvalue weighted by Gasteiger charge is -2.44. The minimum atomic E-state index is -1.07. The number of ether oxygens (including phenoxy) is 1. The average molecular weight is 189 g/mol. The monoisotopic (exact) mass is 189 g/mol. The van der Waals surface area contributed by atoms with Crippen LogP contribution in [0.1, 0.15) is 20.3 Å². The van der Waals surface area contributed by atoms with Gasteiger partial charge in [0.25, 0.3) is 0 Å². The molecule has 0 saturated carbocycles. The summed E-state index contributed by atoms with van der Waals surface area (Å²) in [5.41, 5.74) is -0.367. The van der Waals surface area contributed by atoms with Crippen molar-refractivity contribution < 1.29 is 14.9 Å². The summed E-state index contributed by atoms with van der Waals surface area (Å²) in [5, 5.41) is 19.1. The molecule has 1 aliphatic heterocycles. The number of nitrogens with zero attached hydrogens (tertiary/aromatic N) is 1. The zero-order chi connectivity index (χ0) is 10.2. The molecular weight excluding hydrogens is 170 g/mol. The van der Waals surface area contributed by atoms with Gasteiger partial charge in [-0.2, -0.15) is 0 Å². The number of hydrogen-bond donors (Lipinski definition) is 2. The molecule has 2 N–H and O–H groups in total. The third-order valence-corrected chi connectivity index (χ3v) is 2.49.